The molecule has 1 rings (SSSR count). The quantitative estimate of drug-likeness (QED) is 0.234. The Balaban J connectivity index is 0. The number of carbonyl (C=O) groups is 3. The van der Waals surface area contributed by atoms with Crippen molar-refractivity contribution < 1.29 is 35.4 Å². The fourth-order valence-electron chi connectivity index (χ4n) is 1.58. The number of allylic oxidation sites excluding steroid dienone is 4. The van der Waals surface area contributed by atoms with Gasteiger partial charge in [-0.05, 0) is 20.5 Å². The molecule has 3 N–H and O–H groups in total. The van der Waals surface area contributed by atoms with Gasteiger partial charge in [-0.1, -0.05) is 19.4 Å². The minimum atomic E-state index is -0.663. The zero-order valence-corrected chi connectivity index (χ0v) is 16.9. The van der Waals surface area contributed by atoms with Crippen LogP contribution in [0.5, 0.6) is 0 Å². The standard InChI is InChI=1S/C14H17N2O3.C2H7N.W/c1-3-5-6-7-10(4-2)13(18)15-11-8-9-12(17)16-14(11)19;1-3-2;/h3-6,11H,8-9H2,1-2H3,(H,15,18)(H,16,17,19);3H,1-2H3;/q-1;;/b5-3-,10-4+;;. The molecule has 0 saturated carbocycles. The van der Waals surface area contributed by atoms with Crippen LogP contribution in [0.4, 0.5) is 0 Å². The van der Waals surface area contributed by atoms with Crippen LogP contribution in [0.2, 0.25) is 0 Å². The Morgan fingerprint density at radius 1 is 1.30 bits per heavy atom. The molecule has 0 spiro atoms. The number of nitrogens with one attached hydrogen (secondary N) is 3. The molecule has 0 bridgehead atoms. The van der Waals surface area contributed by atoms with Crippen LogP contribution in [0, 0.1) is 6.08 Å². The van der Waals surface area contributed by atoms with E-state index in [-0.39, 0.29) is 39.3 Å². The summed E-state index contributed by atoms with van der Waals surface area (Å²) >= 11 is 0. The van der Waals surface area contributed by atoms with Crippen LogP contribution in [-0.2, 0) is 35.4 Å². The van der Waals surface area contributed by atoms with Crippen molar-refractivity contribution in [3.05, 3.63) is 36.0 Å². The van der Waals surface area contributed by atoms with Crippen LogP contribution in [-0.4, -0.2) is 37.9 Å². The maximum Gasteiger partial charge on any atom is 0.248 e. The maximum atomic E-state index is 11.9. The Kier molecular flexibility index (Phi) is 14.5. The Morgan fingerprint density at radius 2 is 1.91 bits per heavy atom. The van der Waals surface area contributed by atoms with Gasteiger partial charge in [-0.3, -0.25) is 14.9 Å². The summed E-state index contributed by atoms with van der Waals surface area (Å²) in [6.45, 7) is 3.58. The molecule has 0 aliphatic carbocycles. The van der Waals surface area contributed by atoms with Crippen LogP contribution < -0.4 is 16.0 Å². The van der Waals surface area contributed by atoms with Gasteiger partial charge in [0.25, 0.3) is 0 Å². The molecule has 128 valence electrons. The van der Waals surface area contributed by atoms with Crippen molar-refractivity contribution in [1.82, 2.24) is 16.0 Å². The Labute approximate surface area is 152 Å². The van der Waals surface area contributed by atoms with Crippen LogP contribution >= 0.6 is 0 Å². The number of piperidine rings is 1. The van der Waals surface area contributed by atoms with Crippen molar-refractivity contribution >= 4 is 17.7 Å². The number of carbonyl (C=O) groups excluding carboxylic acids is 3. The number of amides is 3. The van der Waals surface area contributed by atoms with E-state index in [1.54, 1.807) is 25.2 Å². The molecule has 6 nitrogen and oxygen atoms in total. The van der Waals surface area contributed by atoms with Gasteiger partial charge in [0.15, 0.2) is 5.91 Å². The fraction of sp³-hybridized carbons (Fsp3) is 0.438. The van der Waals surface area contributed by atoms with Gasteiger partial charge in [-0.15, -0.1) is 24.3 Å². The van der Waals surface area contributed by atoms with Gasteiger partial charge in [-0.25, -0.2) is 0 Å². The zero-order valence-electron chi connectivity index (χ0n) is 13.9. The predicted octanol–water partition coefficient (Wildman–Crippen LogP) is 0.623. The SMILES string of the molecule is CNC.C\C=C/C=[C-]\C(=C/C)C(=O)NC1CCC(=O)NC1=O.[W]. The topological polar surface area (TPSA) is 87.3 Å². The number of imide groups is 1. The van der Waals surface area contributed by atoms with Gasteiger partial charge < -0.3 is 15.4 Å². The first kappa shape index (κ1) is 23.7. The van der Waals surface area contributed by atoms with Crippen LogP contribution in [0.15, 0.2) is 29.9 Å². The second-order valence-electron chi connectivity index (χ2n) is 4.52. The summed E-state index contributed by atoms with van der Waals surface area (Å²) in [4.78, 5) is 34.4. The molecule has 0 aromatic heterocycles. The average Bonchev–Trinajstić information content (AvgIpc) is 2.47. The molecule has 23 heavy (non-hydrogen) atoms. The minimum absolute atomic E-state index is 0. The largest absolute Gasteiger partial charge is 0.381 e. The van der Waals surface area contributed by atoms with E-state index in [1.807, 2.05) is 27.1 Å². The maximum absolute atomic E-state index is 11.9. The molecule has 1 aliphatic heterocycles. The van der Waals surface area contributed by atoms with Crippen molar-refractivity contribution in [2.24, 2.45) is 0 Å². The van der Waals surface area contributed by atoms with Crippen molar-refractivity contribution in [2.75, 3.05) is 14.1 Å². The molecular formula is C16H24N3O3W-. The Morgan fingerprint density at radius 3 is 2.39 bits per heavy atom. The van der Waals surface area contributed by atoms with Crippen LogP contribution in [0.25, 0.3) is 0 Å². The third-order valence-corrected chi connectivity index (χ3v) is 2.61. The van der Waals surface area contributed by atoms with E-state index in [2.05, 4.69) is 22.0 Å². The molecule has 3 amide bonds. The molecule has 1 atom stereocenters. The first-order valence-corrected chi connectivity index (χ1v) is 7.10. The van der Waals surface area contributed by atoms with E-state index in [0.29, 0.717) is 12.0 Å². The molecule has 1 aliphatic rings. The van der Waals surface area contributed by atoms with Crippen LogP contribution in [0.1, 0.15) is 26.7 Å². The first-order valence-electron chi connectivity index (χ1n) is 7.10. The number of hydrogen-bond donors (Lipinski definition) is 3. The summed E-state index contributed by atoms with van der Waals surface area (Å²) < 4.78 is 0. The fourth-order valence-corrected chi connectivity index (χ4v) is 1.58. The molecular weight excluding hydrogens is 466 g/mol. The normalized spacial score (nSPS) is 18.1. The second kappa shape index (κ2) is 14.1. The minimum Gasteiger partial charge on any atom is -0.381 e. The van der Waals surface area contributed by atoms with Gasteiger partial charge in [0, 0.05) is 27.5 Å². The smallest absolute Gasteiger partial charge is 0.248 e. The molecule has 0 aromatic carbocycles. The van der Waals surface area contributed by atoms with E-state index in [0.717, 1.165) is 0 Å². The summed E-state index contributed by atoms with van der Waals surface area (Å²) in [6.07, 6.45) is 10.2. The van der Waals surface area contributed by atoms with Crippen molar-refractivity contribution in [3.8, 4) is 0 Å². The molecule has 1 saturated heterocycles. The van der Waals surface area contributed by atoms with Gasteiger partial charge in [0.2, 0.25) is 11.8 Å². The molecule has 0 radical (unpaired) electrons. The molecule has 1 unspecified atom stereocenters. The molecule has 7 heteroatoms. The summed E-state index contributed by atoms with van der Waals surface area (Å²) in [5.41, 5.74) is 0.350. The summed E-state index contributed by atoms with van der Waals surface area (Å²) in [7, 11) is 3.75. The van der Waals surface area contributed by atoms with Crippen molar-refractivity contribution in [2.45, 2.75) is 32.7 Å². The Hall–Kier alpha value is -1.52. The average molecular weight is 490 g/mol. The van der Waals surface area contributed by atoms with Crippen molar-refractivity contribution in [3.63, 3.8) is 0 Å². The van der Waals surface area contributed by atoms with Crippen LogP contribution in [0.3, 0.4) is 0 Å². The van der Waals surface area contributed by atoms with Gasteiger partial charge in [-0.2, -0.15) is 6.08 Å². The van der Waals surface area contributed by atoms with E-state index in [9.17, 15) is 14.4 Å². The van der Waals surface area contributed by atoms with E-state index >= 15 is 0 Å². The second-order valence-corrected chi connectivity index (χ2v) is 4.52. The summed E-state index contributed by atoms with van der Waals surface area (Å²) in [5.74, 6) is -1.14. The monoisotopic (exact) mass is 490 g/mol. The van der Waals surface area contributed by atoms with E-state index in [4.69, 9.17) is 0 Å². The van der Waals surface area contributed by atoms with Gasteiger partial charge in [0.05, 0.1) is 0 Å². The zero-order chi connectivity index (χ0) is 17.0. The molecule has 1 heterocycles. The first-order chi connectivity index (χ1) is 10.5. The predicted molar refractivity (Wildman–Crippen MR) is 85.7 cm³/mol. The summed E-state index contributed by atoms with van der Waals surface area (Å²) in [5, 5.41) is 7.53. The molecule has 1 fully saturated rings. The third-order valence-electron chi connectivity index (χ3n) is 2.61. The summed E-state index contributed by atoms with van der Waals surface area (Å²) in [6, 6.07) is -0.663. The molecule has 0 aromatic rings. The number of rotatable bonds is 4. The number of hydrogen-bond acceptors (Lipinski definition) is 4. The van der Waals surface area contributed by atoms with Crippen molar-refractivity contribution in [1.29, 1.82) is 0 Å². The van der Waals surface area contributed by atoms with E-state index < -0.39 is 11.9 Å². The van der Waals surface area contributed by atoms with E-state index in [1.165, 1.54) is 0 Å². The van der Waals surface area contributed by atoms with Gasteiger partial charge in [0.1, 0.15) is 6.04 Å². The van der Waals surface area contributed by atoms with Gasteiger partial charge >= 0.3 is 0 Å². The Bertz CT molecular complexity index is 485. The third kappa shape index (κ3) is 9.97.